The Kier molecular flexibility index (Phi) is 4.82. The largest absolute Gasteiger partial charge is 0.279 e. The van der Waals surface area contributed by atoms with Crippen molar-refractivity contribution in [2.75, 3.05) is 5.75 Å². The molecule has 5 rings (SSSR count). The molecule has 0 N–H and O–H groups in total. The van der Waals surface area contributed by atoms with Crippen LogP contribution >= 0.6 is 11.8 Å². The zero-order chi connectivity index (χ0) is 20.8. The van der Waals surface area contributed by atoms with E-state index in [9.17, 15) is 13.6 Å². The molecule has 1 fully saturated rings. The molecule has 3 nitrogen and oxygen atoms in total. The Hall–Kier alpha value is -2.73. The molecule has 2 aromatic rings. The summed E-state index contributed by atoms with van der Waals surface area (Å²) < 4.78 is 26.9. The third kappa shape index (κ3) is 3.39. The Balaban J connectivity index is 1.66. The first-order chi connectivity index (χ1) is 14.5. The van der Waals surface area contributed by atoms with Crippen molar-refractivity contribution in [2.24, 2.45) is 10.9 Å². The molecular formula is C24H20F2N2OS. The van der Waals surface area contributed by atoms with Gasteiger partial charge in [-0.05, 0) is 71.4 Å². The normalized spacial score (nSPS) is 24.8. The van der Waals surface area contributed by atoms with Gasteiger partial charge in [0.05, 0.1) is 17.5 Å². The molecule has 2 unspecified atom stereocenters. The molecule has 6 heteroatoms. The number of allylic oxidation sites excluding steroid dienone is 1. The van der Waals surface area contributed by atoms with Crippen molar-refractivity contribution in [1.29, 1.82) is 0 Å². The maximum atomic E-state index is 13.6. The molecular weight excluding hydrogens is 402 g/mol. The van der Waals surface area contributed by atoms with Gasteiger partial charge in [0.25, 0.3) is 0 Å². The molecule has 2 atom stereocenters. The second-order valence-electron chi connectivity index (χ2n) is 8.01. The molecule has 2 aliphatic heterocycles. The zero-order valence-electron chi connectivity index (χ0n) is 16.4. The summed E-state index contributed by atoms with van der Waals surface area (Å²) in [6.07, 6.45) is 3.75. The maximum Gasteiger partial charge on any atom is 0.239 e. The minimum Gasteiger partial charge on any atom is -0.279 e. The Labute approximate surface area is 178 Å². The number of amidine groups is 1. The van der Waals surface area contributed by atoms with E-state index in [0.717, 1.165) is 40.8 Å². The molecule has 1 saturated heterocycles. The van der Waals surface area contributed by atoms with E-state index in [-0.39, 0.29) is 23.6 Å². The van der Waals surface area contributed by atoms with Gasteiger partial charge >= 0.3 is 0 Å². The van der Waals surface area contributed by atoms with Crippen molar-refractivity contribution >= 4 is 28.9 Å². The van der Waals surface area contributed by atoms with Crippen LogP contribution in [0.3, 0.4) is 0 Å². The fraction of sp³-hybridized carbons (Fsp3) is 0.250. The molecule has 0 saturated carbocycles. The van der Waals surface area contributed by atoms with Gasteiger partial charge in [-0.25, -0.2) is 13.8 Å². The SMILES string of the molecule is CC1CC2=C(N=C3SCC(=O)N3C2c2ccc(F)cc2)/C(=C/c2ccc(F)cc2)C1. The number of thioether (sulfide) groups is 1. The van der Waals surface area contributed by atoms with E-state index in [2.05, 4.69) is 13.0 Å². The van der Waals surface area contributed by atoms with E-state index in [1.165, 1.54) is 36.0 Å². The summed E-state index contributed by atoms with van der Waals surface area (Å²) in [4.78, 5) is 19.4. The average molecular weight is 423 g/mol. The van der Waals surface area contributed by atoms with E-state index in [1.807, 2.05) is 0 Å². The lowest BCUT2D eigenvalue weighted by Crippen LogP contribution is -2.39. The predicted octanol–water partition coefficient (Wildman–Crippen LogP) is 5.72. The molecule has 0 bridgehead atoms. The topological polar surface area (TPSA) is 32.7 Å². The quantitative estimate of drug-likeness (QED) is 0.620. The molecule has 0 spiro atoms. The van der Waals surface area contributed by atoms with Gasteiger partial charge in [0.15, 0.2) is 5.17 Å². The number of nitrogens with zero attached hydrogens (tertiary/aromatic N) is 2. The number of aliphatic imine (C=N–C) groups is 1. The standard InChI is InChI=1S/C24H20F2N2OS/c1-14-10-17(12-15-2-6-18(25)7-3-15)22-20(11-14)23(16-4-8-19(26)9-5-16)28-21(29)13-30-24(28)27-22/h2-9,12,14,23H,10-11,13H2,1H3/b17-12+. The highest BCUT2D eigenvalue weighted by Gasteiger charge is 2.43. The van der Waals surface area contributed by atoms with Gasteiger partial charge in [0.1, 0.15) is 11.6 Å². The van der Waals surface area contributed by atoms with Crippen LogP contribution in [-0.4, -0.2) is 21.7 Å². The van der Waals surface area contributed by atoms with Gasteiger partial charge in [0.2, 0.25) is 5.91 Å². The second kappa shape index (κ2) is 7.51. The van der Waals surface area contributed by atoms with E-state index in [0.29, 0.717) is 16.8 Å². The average Bonchev–Trinajstić information content (AvgIpc) is 3.10. The number of hydrogen-bond acceptors (Lipinski definition) is 3. The van der Waals surface area contributed by atoms with Gasteiger partial charge < -0.3 is 0 Å². The van der Waals surface area contributed by atoms with E-state index in [1.54, 1.807) is 29.2 Å². The Morgan fingerprint density at radius 2 is 1.70 bits per heavy atom. The summed E-state index contributed by atoms with van der Waals surface area (Å²) in [5, 5.41) is 0.702. The van der Waals surface area contributed by atoms with Crippen molar-refractivity contribution in [1.82, 2.24) is 4.90 Å². The van der Waals surface area contributed by atoms with Crippen LogP contribution in [0.1, 0.15) is 36.9 Å². The maximum absolute atomic E-state index is 13.6. The zero-order valence-corrected chi connectivity index (χ0v) is 17.3. The lowest BCUT2D eigenvalue weighted by molar-refractivity contribution is -0.125. The van der Waals surface area contributed by atoms with Crippen LogP contribution in [0.25, 0.3) is 6.08 Å². The Morgan fingerprint density at radius 3 is 2.40 bits per heavy atom. The smallest absolute Gasteiger partial charge is 0.239 e. The highest BCUT2D eigenvalue weighted by molar-refractivity contribution is 8.15. The van der Waals surface area contributed by atoms with Crippen LogP contribution in [0, 0.1) is 17.6 Å². The summed E-state index contributed by atoms with van der Waals surface area (Å²) >= 11 is 1.44. The molecule has 1 amide bonds. The van der Waals surface area contributed by atoms with Crippen molar-refractivity contribution in [2.45, 2.75) is 25.8 Å². The molecule has 2 heterocycles. The van der Waals surface area contributed by atoms with Crippen LogP contribution in [0.2, 0.25) is 0 Å². The molecule has 1 aliphatic carbocycles. The number of amides is 1. The molecule has 3 aliphatic rings. The number of benzene rings is 2. The molecule has 0 aromatic heterocycles. The first kappa shape index (κ1) is 19.2. The highest BCUT2D eigenvalue weighted by Crippen LogP contribution is 2.48. The van der Waals surface area contributed by atoms with Crippen molar-refractivity contribution in [3.05, 3.63) is 88.1 Å². The third-order valence-electron chi connectivity index (χ3n) is 5.74. The second-order valence-corrected chi connectivity index (χ2v) is 8.95. The van der Waals surface area contributed by atoms with E-state index in [4.69, 9.17) is 4.99 Å². The van der Waals surface area contributed by atoms with Crippen LogP contribution in [0.4, 0.5) is 8.78 Å². The number of hydrogen-bond donors (Lipinski definition) is 0. The molecule has 2 aromatic carbocycles. The minimum atomic E-state index is -0.298. The highest BCUT2D eigenvalue weighted by atomic mass is 32.2. The molecule has 30 heavy (non-hydrogen) atoms. The number of halogens is 2. The molecule has 0 radical (unpaired) electrons. The summed E-state index contributed by atoms with van der Waals surface area (Å²) in [7, 11) is 0. The Bertz CT molecular complexity index is 1100. The van der Waals surface area contributed by atoms with Crippen molar-refractivity contribution in [3.8, 4) is 0 Å². The van der Waals surface area contributed by atoms with Crippen LogP contribution < -0.4 is 0 Å². The first-order valence-corrected chi connectivity index (χ1v) is 11.0. The number of rotatable bonds is 2. The summed E-state index contributed by atoms with van der Waals surface area (Å²) in [5.74, 6) is 0.208. The lowest BCUT2D eigenvalue weighted by atomic mass is 9.78. The van der Waals surface area contributed by atoms with E-state index < -0.39 is 0 Å². The minimum absolute atomic E-state index is 0.0296. The molecule has 152 valence electrons. The third-order valence-corrected chi connectivity index (χ3v) is 6.67. The first-order valence-electron chi connectivity index (χ1n) is 9.98. The summed E-state index contributed by atoms with van der Waals surface area (Å²) in [6, 6.07) is 12.6. The van der Waals surface area contributed by atoms with Gasteiger partial charge in [-0.3, -0.25) is 9.69 Å². The monoisotopic (exact) mass is 422 g/mol. The van der Waals surface area contributed by atoms with Crippen molar-refractivity contribution in [3.63, 3.8) is 0 Å². The number of carbonyl (C=O) groups is 1. The lowest BCUT2D eigenvalue weighted by Gasteiger charge is -2.39. The van der Waals surface area contributed by atoms with Gasteiger partial charge in [-0.15, -0.1) is 0 Å². The van der Waals surface area contributed by atoms with Crippen molar-refractivity contribution < 1.29 is 13.6 Å². The summed E-state index contributed by atoms with van der Waals surface area (Å²) in [5.41, 5.74) is 4.91. The fourth-order valence-corrected chi connectivity index (χ4v) is 5.35. The van der Waals surface area contributed by atoms with Crippen LogP contribution in [-0.2, 0) is 4.79 Å². The predicted molar refractivity (Wildman–Crippen MR) is 116 cm³/mol. The van der Waals surface area contributed by atoms with Gasteiger partial charge in [-0.1, -0.05) is 43.0 Å². The summed E-state index contributed by atoms with van der Waals surface area (Å²) in [6.45, 7) is 2.18. The van der Waals surface area contributed by atoms with Gasteiger partial charge in [-0.2, -0.15) is 0 Å². The fourth-order valence-electron chi connectivity index (χ4n) is 4.45. The van der Waals surface area contributed by atoms with Crippen LogP contribution in [0.5, 0.6) is 0 Å². The van der Waals surface area contributed by atoms with Crippen LogP contribution in [0.15, 0.2) is 70.4 Å². The number of carbonyl (C=O) groups excluding carboxylic acids is 1. The van der Waals surface area contributed by atoms with E-state index >= 15 is 0 Å². The van der Waals surface area contributed by atoms with Gasteiger partial charge in [0, 0.05) is 0 Å². The number of fused-ring (bicyclic) bond motifs is 1. The Morgan fingerprint density at radius 1 is 1.03 bits per heavy atom.